The van der Waals surface area contributed by atoms with Crippen LogP contribution in [0, 0.1) is 0 Å². The van der Waals surface area contributed by atoms with Crippen molar-refractivity contribution in [3.05, 3.63) is 78.1 Å². The van der Waals surface area contributed by atoms with Crippen LogP contribution in [-0.4, -0.2) is 43.8 Å². The molecule has 0 spiro atoms. The van der Waals surface area contributed by atoms with Gasteiger partial charge in [-0.25, -0.2) is 8.42 Å². The van der Waals surface area contributed by atoms with E-state index in [1.807, 2.05) is 12.1 Å². The van der Waals surface area contributed by atoms with Gasteiger partial charge in [-0.1, -0.05) is 19.9 Å². The number of anilines is 1. The monoisotopic (exact) mass is 469 g/mol. The van der Waals surface area contributed by atoms with Gasteiger partial charge >= 0.3 is 0 Å². The van der Waals surface area contributed by atoms with Crippen molar-refractivity contribution in [3.8, 4) is 11.5 Å². The maximum atomic E-state index is 12.8. The van der Waals surface area contributed by atoms with E-state index >= 15 is 0 Å². The minimum absolute atomic E-state index is 0.0787. The lowest BCUT2D eigenvalue weighted by Crippen LogP contribution is -2.30. The summed E-state index contributed by atoms with van der Waals surface area (Å²) >= 11 is 0. The SMILES string of the molecule is CCN(CC)S(=O)(=O)c1cccc(C(=O)Nc2ccc(OC)c(OCc3ccncc3)c2)c1. The van der Waals surface area contributed by atoms with E-state index in [0.29, 0.717) is 36.9 Å². The Bertz CT molecular complexity index is 1200. The number of pyridine rings is 1. The number of rotatable bonds is 10. The van der Waals surface area contributed by atoms with Gasteiger partial charge in [-0.15, -0.1) is 0 Å². The van der Waals surface area contributed by atoms with Crippen molar-refractivity contribution < 1.29 is 22.7 Å². The zero-order chi connectivity index (χ0) is 23.8. The van der Waals surface area contributed by atoms with Crippen LogP contribution < -0.4 is 14.8 Å². The predicted octanol–water partition coefficient (Wildman–Crippen LogP) is 3.95. The second-order valence-electron chi connectivity index (χ2n) is 7.08. The first-order valence-electron chi connectivity index (χ1n) is 10.5. The molecule has 0 aliphatic carbocycles. The summed E-state index contributed by atoms with van der Waals surface area (Å²) in [5, 5.41) is 2.79. The molecule has 3 rings (SSSR count). The molecular formula is C24H27N3O5S. The Labute approximate surface area is 194 Å². The molecule has 0 fully saturated rings. The minimum atomic E-state index is -3.67. The number of methoxy groups -OCH3 is 1. The summed E-state index contributed by atoms with van der Waals surface area (Å²) in [6, 6.07) is 14.7. The third kappa shape index (κ3) is 5.88. The van der Waals surface area contributed by atoms with Gasteiger partial charge in [0.2, 0.25) is 10.0 Å². The molecule has 0 aliphatic rings. The summed E-state index contributed by atoms with van der Waals surface area (Å²) in [6.45, 7) is 4.56. The number of sulfonamides is 1. The first-order chi connectivity index (χ1) is 15.9. The van der Waals surface area contributed by atoms with Gasteiger partial charge in [-0.2, -0.15) is 4.31 Å². The normalized spacial score (nSPS) is 11.3. The van der Waals surface area contributed by atoms with Crippen molar-refractivity contribution in [1.29, 1.82) is 0 Å². The Hall–Kier alpha value is -3.43. The smallest absolute Gasteiger partial charge is 0.255 e. The summed E-state index contributed by atoms with van der Waals surface area (Å²) in [4.78, 5) is 16.9. The highest BCUT2D eigenvalue weighted by atomic mass is 32.2. The molecule has 1 aromatic heterocycles. The lowest BCUT2D eigenvalue weighted by molar-refractivity contribution is 0.102. The Morgan fingerprint density at radius 1 is 1.00 bits per heavy atom. The van der Waals surface area contributed by atoms with E-state index in [4.69, 9.17) is 9.47 Å². The van der Waals surface area contributed by atoms with Gasteiger partial charge in [0.15, 0.2) is 11.5 Å². The highest BCUT2D eigenvalue weighted by Gasteiger charge is 2.22. The number of ether oxygens (including phenoxy) is 2. The molecule has 0 unspecified atom stereocenters. The molecule has 33 heavy (non-hydrogen) atoms. The van der Waals surface area contributed by atoms with E-state index in [2.05, 4.69) is 10.3 Å². The number of nitrogens with zero attached hydrogens (tertiary/aromatic N) is 2. The molecule has 0 saturated carbocycles. The molecule has 8 nitrogen and oxygen atoms in total. The topological polar surface area (TPSA) is 97.8 Å². The van der Waals surface area contributed by atoms with Crippen LogP contribution in [0.4, 0.5) is 5.69 Å². The fraction of sp³-hybridized carbons (Fsp3) is 0.250. The van der Waals surface area contributed by atoms with Gasteiger partial charge in [0.1, 0.15) is 6.61 Å². The van der Waals surface area contributed by atoms with Gasteiger partial charge in [-0.05, 0) is 48.0 Å². The second-order valence-corrected chi connectivity index (χ2v) is 9.02. The van der Waals surface area contributed by atoms with Crippen LogP contribution >= 0.6 is 0 Å². The van der Waals surface area contributed by atoms with Crippen molar-refractivity contribution >= 4 is 21.6 Å². The summed E-state index contributed by atoms with van der Waals surface area (Å²) in [5.74, 6) is 0.552. The molecule has 0 bridgehead atoms. The fourth-order valence-corrected chi connectivity index (χ4v) is 4.73. The number of aromatic nitrogens is 1. The Kier molecular flexibility index (Phi) is 8.02. The third-order valence-electron chi connectivity index (χ3n) is 5.00. The molecule has 0 saturated heterocycles. The highest BCUT2D eigenvalue weighted by Crippen LogP contribution is 2.31. The quantitative estimate of drug-likeness (QED) is 0.483. The first kappa shape index (κ1) is 24.2. The molecule has 1 N–H and O–H groups in total. The van der Waals surface area contributed by atoms with Crippen molar-refractivity contribution in [2.75, 3.05) is 25.5 Å². The van der Waals surface area contributed by atoms with Crippen molar-refractivity contribution in [2.45, 2.75) is 25.3 Å². The van der Waals surface area contributed by atoms with Crippen LogP contribution in [0.15, 0.2) is 71.9 Å². The summed E-state index contributed by atoms with van der Waals surface area (Å²) < 4.78 is 38.2. The van der Waals surface area contributed by atoms with Gasteiger partial charge in [-0.3, -0.25) is 9.78 Å². The number of benzene rings is 2. The zero-order valence-corrected chi connectivity index (χ0v) is 19.6. The molecule has 2 aromatic carbocycles. The average molecular weight is 470 g/mol. The van der Waals surface area contributed by atoms with Crippen LogP contribution in [-0.2, 0) is 16.6 Å². The van der Waals surface area contributed by atoms with Crippen LogP contribution in [0.25, 0.3) is 0 Å². The third-order valence-corrected chi connectivity index (χ3v) is 7.05. The maximum Gasteiger partial charge on any atom is 0.255 e. The van der Waals surface area contributed by atoms with Crippen molar-refractivity contribution in [3.63, 3.8) is 0 Å². The predicted molar refractivity (Wildman–Crippen MR) is 126 cm³/mol. The highest BCUT2D eigenvalue weighted by molar-refractivity contribution is 7.89. The number of carbonyl (C=O) groups is 1. The molecule has 0 radical (unpaired) electrons. The Balaban J connectivity index is 1.79. The molecule has 1 heterocycles. The molecule has 3 aromatic rings. The van der Waals surface area contributed by atoms with Gasteiger partial charge in [0.25, 0.3) is 5.91 Å². The lowest BCUT2D eigenvalue weighted by Gasteiger charge is -2.18. The van der Waals surface area contributed by atoms with Crippen LogP contribution in [0.1, 0.15) is 29.8 Å². The Morgan fingerprint density at radius 3 is 2.39 bits per heavy atom. The van der Waals surface area contributed by atoms with Crippen LogP contribution in [0.5, 0.6) is 11.5 Å². The average Bonchev–Trinajstić information content (AvgIpc) is 2.84. The van der Waals surface area contributed by atoms with E-state index in [-0.39, 0.29) is 10.5 Å². The number of carbonyl (C=O) groups excluding carboxylic acids is 1. The van der Waals surface area contributed by atoms with Crippen molar-refractivity contribution in [2.24, 2.45) is 0 Å². The number of hydrogen-bond acceptors (Lipinski definition) is 6. The molecule has 1 amide bonds. The molecule has 174 valence electrons. The van der Waals surface area contributed by atoms with E-state index in [9.17, 15) is 13.2 Å². The molecule has 0 aliphatic heterocycles. The van der Waals surface area contributed by atoms with E-state index in [1.54, 1.807) is 56.6 Å². The van der Waals surface area contributed by atoms with E-state index < -0.39 is 15.9 Å². The fourth-order valence-electron chi connectivity index (χ4n) is 3.22. The van der Waals surface area contributed by atoms with Crippen LogP contribution in [0.2, 0.25) is 0 Å². The Morgan fingerprint density at radius 2 is 1.73 bits per heavy atom. The number of amides is 1. The largest absolute Gasteiger partial charge is 0.493 e. The zero-order valence-electron chi connectivity index (χ0n) is 18.8. The first-order valence-corrected chi connectivity index (χ1v) is 11.9. The molecular weight excluding hydrogens is 442 g/mol. The molecule has 9 heteroatoms. The maximum absolute atomic E-state index is 12.8. The summed E-state index contributed by atoms with van der Waals surface area (Å²) in [6.07, 6.45) is 3.36. The van der Waals surface area contributed by atoms with Gasteiger partial charge in [0, 0.05) is 42.8 Å². The molecule has 0 atom stereocenters. The summed E-state index contributed by atoms with van der Waals surface area (Å²) in [5.41, 5.74) is 1.66. The van der Waals surface area contributed by atoms with Crippen LogP contribution in [0.3, 0.4) is 0 Å². The van der Waals surface area contributed by atoms with E-state index in [0.717, 1.165) is 5.56 Å². The van der Waals surface area contributed by atoms with Crippen molar-refractivity contribution in [1.82, 2.24) is 9.29 Å². The van der Waals surface area contributed by atoms with E-state index in [1.165, 1.54) is 23.5 Å². The van der Waals surface area contributed by atoms with Gasteiger partial charge in [0.05, 0.1) is 12.0 Å². The lowest BCUT2D eigenvalue weighted by atomic mass is 10.2. The standard InChI is InChI=1S/C24H27N3O5S/c1-4-27(5-2)33(29,30)21-8-6-7-19(15-21)24(28)26-20-9-10-22(31-3)23(16-20)32-17-18-11-13-25-14-12-18/h6-16H,4-5,17H2,1-3H3,(H,26,28). The number of hydrogen-bond donors (Lipinski definition) is 1. The minimum Gasteiger partial charge on any atom is -0.493 e. The second kappa shape index (κ2) is 10.9. The number of nitrogens with one attached hydrogen (secondary N) is 1. The van der Waals surface area contributed by atoms with Gasteiger partial charge < -0.3 is 14.8 Å². The summed E-state index contributed by atoms with van der Waals surface area (Å²) in [7, 11) is -2.13.